The van der Waals surface area contributed by atoms with E-state index in [0.717, 1.165) is 5.06 Å². The molecule has 0 aliphatic carbocycles. The number of anilines is 3. The minimum Gasteiger partial charge on any atom is -0.392 e. The van der Waals surface area contributed by atoms with Gasteiger partial charge < -0.3 is 15.7 Å². The number of nitrogens with zero attached hydrogens (tertiary/aromatic N) is 1. The fourth-order valence-corrected chi connectivity index (χ4v) is 2.50. The highest BCUT2D eigenvalue weighted by Gasteiger charge is 2.10. The summed E-state index contributed by atoms with van der Waals surface area (Å²) in [5.41, 5.74) is 1.86. The second-order valence-corrected chi connectivity index (χ2v) is 5.76. The first kappa shape index (κ1) is 18.4. The summed E-state index contributed by atoms with van der Waals surface area (Å²) in [7, 11) is 0. The Morgan fingerprint density at radius 1 is 1.17 bits per heavy atom. The van der Waals surface area contributed by atoms with Gasteiger partial charge in [0.05, 0.1) is 17.3 Å². The Labute approximate surface area is 149 Å². The molecule has 0 heterocycles. The smallest absolute Gasteiger partial charge is 0.323 e. The van der Waals surface area contributed by atoms with Crippen molar-refractivity contribution in [3.8, 4) is 0 Å². The molecule has 0 bridgehead atoms. The van der Waals surface area contributed by atoms with E-state index in [1.54, 1.807) is 37.3 Å². The molecule has 0 aromatic heterocycles. The Hall–Kier alpha value is -1.99. The van der Waals surface area contributed by atoms with Crippen LogP contribution in [0.2, 0.25) is 10.0 Å². The molecule has 0 radical (unpaired) electrons. The number of rotatable bonds is 5. The quantitative estimate of drug-likeness (QED) is 0.590. The number of aliphatic hydroxyl groups excluding tert-OH is 1. The fourth-order valence-electron chi connectivity index (χ4n) is 2.05. The zero-order valence-corrected chi connectivity index (χ0v) is 14.4. The van der Waals surface area contributed by atoms with Crippen LogP contribution in [0.25, 0.3) is 0 Å². The fraction of sp³-hybridized carbons (Fsp3) is 0.188. The normalized spacial score (nSPS) is 10.4. The van der Waals surface area contributed by atoms with E-state index in [1.807, 2.05) is 0 Å². The van der Waals surface area contributed by atoms with Crippen molar-refractivity contribution >= 4 is 46.3 Å². The number of amides is 2. The molecule has 2 aromatic carbocycles. The van der Waals surface area contributed by atoms with E-state index in [-0.39, 0.29) is 6.61 Å². The zero-order chi connectivity index (χ0) is 17.7. The number of benzene rings is 2. The number of aliphatic hydroxyl groups is 1. The summed E-state index contributed by atoms with van der Waals surface area (Å²) >= 11 is 12.0. The number of hydroxylamine groups is 1. The highest BCUT2D eigenvalue weighted by atomic mass is 35.5. The van der Waals surface area contributed by atoms with Crippen molar-refractivity contribution in [1.82, 2.24) is 0 Å². The second-order valence-electron chi connectivity index (χ2n) is 4.92. The molecule has 24 heavy (non-hydrogen) atoms. The third-order valence-electron chi connectivity index (χ3n) is 3.27. The van der Waals surface area contributed by atoms with Crippen LogP contribution in [-0.4, -0.2) is 22.9 Å². The summed E-state index contributed by atoms with van der Waals surface area (Å²) < 4.78 is 0. The molecule has 128 valence electrons. The van der Waals surface area contributed by atoms with E-state index in [9.17, 15) is 15.1 Å². The Bertz CT molecular complexity index is 741. The van der Waals surface area contributed by atoms with Crippen LogP contribution in [0.1, 0.15) is 12.5 Å². The summed E-state index contributed by atoms with van der Waals surface area (Å²) in [6, 6.07) is 9.04. The number of nitrogens with one attached hydrogen (secondary N) is 2. The molecule has 2 rings (SSSR count). The SMILES string of the molecule is CCN(O)c1ccc(NC(=O)Nc2cc(Cl)ccc2CO)cc1Cl. The molecule has 0 spiro atoms. The topological polar surface area (TPSA) is 84.8 Å². The second kappa shape index (κ2) is 8.21. The monoisotopic (exact) mass is 369 g/mol. The highest BCUT2D eigenvalue weighted by molar-refractivity contribution is 6.33. The molecule has 0 aliphatic heterocycles. The van der Waals surface area contributed by atoms with Crippen LogP contribution in [-0.2, 0) is 6.61 Å². The van der Waals surface area contributed by atoms with Gasteiger partial charge >= 0.3 is 6.03 Å². The molecule has 0 aliphatic rings. The van der Waals surface area contributed by atoms with Crippen LogP contribution < -0.4 is 15.7 Å². The molecule has 8 heteroatoms. The predicted octanol–water partition coefficient (Wildman–Crippen LogP) is 4.35. The standard InChI is InChI=1S/C16H17Cl2N3O3/c1-2-21(24)15-6-5-12(8-13(15)18)19-16(23)20-14-7-11(17)4-3-10(14)9-22/h3-8,22,24H,2,9H2,1H3,(H2,19,20,23). The van der Waals surface area contributed by atoms with Gasteiger partial charge in [-0.2, -0.15) is 0 Å². The minimum atomic E-state index is -0.507. The maximum absolute atomic E-state index is 12.1. The van der Waals surface area contributed by atoms with Gasteiger partial charge in [-0.1, -0.05) is 29.3 Å². The van der Waals surface area contributed by atoms with Crippen molar-refractivity contribution in [2.45, 2.75) is 13.5 Å². The predicted molar refractivity (Wildman–Crippen MR) is 96.3 cm³/mol. The molecule has 2 amide bonds. The number of carbonyl (C=O) groups is 1. The van der Waals surface area contributed by atoms with Gasteiger partial charge in [-0.05, 0) is 37.3 Å². The lowest BCUT2D eigenvalue weighted by Crippen LogP contribution is -2.21. The van der Waals surface area contributed by atoms with Gasteiger partial charge in [0.25, 0.3) is 0 Å². The van der Waals surface area contributed by atoms with Crippen molar-refractivity contribution < 1.29 is 15.1 Å². The first-order valence-corrected chi connectivity index (χ1v) is 7.93. The Morgan fingerprint density at radius 2 is 1.92 bits per heavy atom. The molecule has 0 saturated heterocycles. The molecule has 0 atom stereocenters. The lowest BCUT2D eigenvalue weighted by Gasteiger charge is -2.17. The Balaban J connectivity index is 2.10. The average Bonchev–Trinajstić information content (AvgIpc) is 2.54. The first-order valence-electron chi connectivity index (χ1n) is 7.17. The molecular formula is C16H17Cl2N3O3. The van der Waals surface area contributed by atoms with E-state index < -0.39 is 6.03 Å². The number of halogens is 2. The molecule has 6 nitrogen and oxygen atoms in total. The molecule has 4 N–H and O–H groups in total. The maximum Gasteiger partial charge on any atom is 0.323 e. The molecule has 2 aromatic rings. The van der Waals surface area contributed by atoms with Gasteiger partial charge in [-0.25, -0.2) is 4.79 Å². The van der Waals surface area contributed by atoms with E-state index in [1.165, 1.54) is 6.07 Å². The van der Waals surface area contributed by atoms with E-state index in [0.29, 0.717) is 39.2 Å². The van der Waals surface area contributed by atoms with Gasteiger partial charge in [0, 0.05) is 28.5 Å². The molecular weight excluding hydrogens is 353 g/mol. The van der Waals surface area contributed by atoms with E-state index >= 15 is 0 Å². The van der Waals surface area contributed by atoms with Crippen molar-refractivity contribution in [2.24, 2.45) is 0 Å². The summed E-state index contributed by atoms with van der Waals surface area (Å²) in [6.07, 6.45) is 0. The van der Waals surface area contributed by atoms with Crippen LogP contribution in [0.15, 0.2) is 36.4 Å². The van der Waals surface area contributed by atoms with Crippen molar-refractivity contribution in [1.29, 1.82) is 0 Å². The van der Waals surface area contributed by atoms with Gasteiger partial charge in [0.1, 0.15) is 0 Å². The van der Waals surface area contributed by atoms with Gasteiger partial charge in [-0.15, -0.1) is 0 Å². The summed E-state index contributed by atoms with van der Waals surface area (Å²) in [5.74, 6) is 0. The van der Waals surface area contributed by atoms with E-state index in [2.05, 4.69) is 10.6 Å². The van der Waals surface area contributed by atoms with Crippen LogP contribution in [0.3, 0.4) is 0 Å². The van der Waals surface area contributed by atoms with Gasteiger partial charge in [-0.3, -0.25) is 10.3 Å². The lowest BCUT2D eigenvalue weighted by molar-refractivity contribution is 0.260. The van der Waals surface area contributed by atoms with E-state index in [4.69, 9.17) is 23.2 Å². The van der Waals surface area contributed by atoms with Crippen molar-refractivity contribution in [3.63, 3.8) is 0 Å². The number of carbonyl (C=O) groups excluding carboxylic acids is 1. The third kappa shape index (κ3) is 4.52. The van der Waals surface area contributed by atoms with Crippen LogP contribution in [0.4, 0.5) is 21.9 Å². The van der Waals surface area contributed by atoms with Crippen LogP contribution in [0, 0.1) is 0 Å². The third-order valence-corrected chi connectivity index (χ3v) is 3.81. The molecule has 0 saturated carbocycles. The van der Waals surface area contributed by atoms with Gasteiger partial charge in [0.2, 0.25) is 0 Å². The van der Waals surface area contributed by atoms with Crippen molar-refractivity contribution in [2.75, 3.05) is 22.2 Å². The summed E-state index contributed by atoms with van der Waals surface area (Å²) in [6.45, 7) is 1.93. The summed E-state index contributed by atoms with van der Waals surface area (Å²) in [5, 5.41) is 26.0. The summed E-state index contributed by atoms with van der Waals surface area (Å²) in [4.78, 5) is 12.1. The molecule has 0 unspecified atom stereocenters. The largest absolute Gasteiger partial charge is 0.392 e. The minimum absolute atomic E-state index is 0.226. The van der Waals surface area contributed by atoms with Gasteiger partial charge in [0.15, 0.2) is 0 Å². The molecule has 0 fully saturated rings. The number of hydrogen-bond donors (Lipinski definition) is 4. The zero-order valence-electron chi connectivity index (χ0n) is 12.9. The lowest BCUT2D eigenvalue weighted by atomic mass is 10.2. The highest BCUT2D eigenvalue weighted by Crippen LogP contribution is 2.28. The number of urea groups is 1. The van der Waals surface area contributed by atoms with Crippen molar-refractivity contribution in [3.05, 3.63) is 52.0 Å². The Morgan fingerprint density at radius 3 is 2.54 bits per heavy atom. The number of hydrogen-bond acceptors (Lipinski definition) is 4. The maximum atomic E-state index is 12.1. The van der Waals surface area contributed by atoms with Crippen LogP contribution in [0.5, 0.6) is 0 Å². The van der Waals surface area contributed by atoms with Crippen LogP contribution >= 0.6 is 23.2 Å². The first-order chi connectivity index (χ1) is 11.4. The Kier molecular flexibility index (Phi) is 6.28. The average molecular weight is 370 g/mol.